The van der Waals surface area contributed by atoms with Crippen molar-refractivity contribution in [2.45, 2.75) is 6.54 Å². The summed E-state index contributed by atoms with van der Waals surface area (Å²) in [5.41, 5.74) is 8.94. The molecule has 20 heavy (non-hydrogen) atoms. The molecular formula is C15H14Br2N2S. The third kappa shape index (κ3) is 3.40. The van der Waals surface area contributed by atoms with Crippen molar-refractivity contribution in [1.29, 1.82) is 0 Å². The molecule has 0 aliphatic rings. The summed E-state index contributed by atoms with van der Waals surface area (Å²) >= 11 is 12.2. The van der Waals surface area contributed by atoms with E-state index in [1.165, 1.54) is 5.56 Å². The Morgan fingerprint density at radius 2 is 1.75 bits per heavy atom. The van der Waals surface area contributed by atoms with E-state index >= 15 is 0 Å². The number of nitrogens with two attached hydrogens (primary N) is 1. The van der Waals surface area contributed by atoms with Gasteiger partial charge in [0.25, 0.3) is 0 Å². The first-order valence-electron chi connectivity index (χ1n) is 6.03. The summed E-state index contributed by atoms with van der Waals surface area (Å²) in [6.07, 6.45) is 0. The Hall–Kier alpha value is -0.910. The molecule has 0 saturated heterocycles. The Morgan fingerprint density at radius 3 is 2.40 bits per heavy atom. The van der Waals surface area contributed by atoms with Gasteiger partial charge in [0.2, 0.25) is 0 Å². The lowest BCUT2D eigenvalue weighted by Crippen LogP contribution is -2.22. The normalized spacial score (nSPS) is 10.3. The zero-order valence-corrected chi connectivity index (χ0v) is 14.9. The molecule has 0 heterocycles. The van der Waals surface area contributed by atoms with Crippen LogP contribution in [-0.2, 0) is 6.54 Å². The minimum absolute atomic E-state index is 0.395. The summed E-state index contributed by atoms with van der Waals surface area (Å²) in [4.78, 5) is 2.53. The molecule has 0 aliphatic heterocycles. The summed E-state index contributed by atoms with van der Waals surface area (Å²) in [7, 11) is 2.03. The van der Waals surface area contributed by atoms with Crippen LogP contribution >= 0.6 is 44.1 Å². The van der Waals surface area contributed by atoms with Crippen molar-refractivity contribution in [1.82, 2.24) is 0 Å². The van der Waals surface area contributed by atoms with Crippen molar-refractivity contribution in [3.8, 4) is 0 Å². The van der Waals surface area contributed by atoms with Crippen molar-refractivity contribution in [3.63, 3.8) is 0 Å². The summed E-state index contributed by atoms with van der Waals surface area (Å²) in [6, 6.07) is 14.1. The molecule has 0 amide bonds. The highest BCUT2D eigenvalue weighted by atomic mass is 79.9. The molecule has 0 radical (unpaired) electrons. The predicted octanol–water partition coefficient (Wildman–Crippen LogP) is 4.48. The fourth-order valence-electron chi connectivity index (χ4n) is 2.04. The van der Waals surface area contributed by atoms with Crippen molar-refractivity contribution in [3.05, 3.63) is 62.5 Å². The fourth-order valence-corrected chi connectivity index (χ4v) is 3.37. The molecule has 2 aromatic carbocycles. The predicted molar refractivity (Wildman–Crippen MR) is 96.3 cm³/mol. The number of anilines is 1. The van der Waals surface area contributed by atoms with Crippen LogP contribution < -0.4 is 10.6 Å². The van der Waals surface area contributed by atoms with Crippen LogP contribution in [0.4, 0.5) is 5.69 Å². The van der Waals surface area contributed by atoms with Crippen LogP contribution in [0.3, 0.4) is 0 Å². The van der Waals surface area contributed by atoms with Gasteiger partial charge in [0, 0.05) is 33.8 Å². The summed E-state index contributed by atoms with van der Waals surface area (Å²) in [6.45, 7) is 0.771. The highest BCUT2D eigenvalue weighted by Gasteiger charge is 2.13. The Kier molecular flexibility index (Phi) is 5.18. The minimum Gasteiger partial charge on any atom is -0.389 e. The number of thiocarbonyl (C=S) groups is 1. The lowest BCUT2D eigenvalue weighted by Gasteiger charge is -2.23. The smallest absolute Gasteiger partial charge is 0.107 e. The molecule has 0 saturated carbocycles. The van der Waals surface area contributed by atoms with Gasteiger partial charge < -0.3 is 10.6 Å². The van der Waals surface area contributed by atoms with Crippen LogP contribution in [0, 0.1) is 0 Å². The first-order valence-corrected chi connectivity index (χ1v) is 8.03. The Bertz CT molecular complexity index is 644. The van der Waals surface area contributed by atoms with E-state index in [9.17, 15) is 0 Å². The maximum absolute atomic E-state index is 5.84. The van der Waals surface area contributed by atoms with E-state index in [1.807, 2.05) is 43.4 Å². The third-order valence-corrected chi connectivity index (χ3v) is 4.65. The summed E-state index contributed by atoms with van der Waals surface area (Å²) in [5.74, 6) is 0. The van der Waals surface area contributed by atoms with Gasteiger partial charge in [0.1, 0.15) is 4.99 Å². The molecule has 2 nitrogen and oxygen atoms in total. The number of hydrogen-bond acceptors (Lipinski definition) is 2. The molecule has 0 bridgehead atoms. The molecule has 0 spiro atoms. The monoisotopic (exact) mass is 412 g/mol. The standard InChI is InChI=1S/C15H14Br2N2S/c1-19(9-10-5-2-3-6-11(10)16)13-8-4-7-12(17)14(13)15(18)20/h2-8H,9H2,1H3,(H2,18,20). The van der Waals surface area contributed by atoms with Gasteiger partial charge in [-0.25, -0.2) is 0 Å². The minimum atomic E-state index is 0.395. The molecule has 2 N–H and O–H groups in total. The maximum Gasteiger partial charge on any atom is 0.107 e. The van der Waals surface area contributed by atoms with Crippen LogP contribution in [0.25, 0.3) is 0 Å². The van der Waals surface area contributed by atoms with Gasteiger partial charge in [-0.15, -0.1) is 0 Å². The fraction of sp³-hybridized carbons (Fsp3) is 0.133. The summed E-state index contributed by atoms with van der Waals surface area (Å²) in [5, 5.41) is 0. The first kappa shape index (κ1) is 15.5. The molecule has 104 valence electrons. The number of nitrogens with zero attached hydrogens (tertiary/aromatic N) is 1. The van der Waals surface area contributed by atoms with Gasteiger partial charge in [-0.2, -0.15) is 0 Å². The molecule has 0 unspecified atom stereocenters. The van der Waals surface area contributed by atoms with E-state index in [4.69, 9.17) is 18.0 Å². The quantitative estimate of drug-likeness (QED) is 0.749. The van der Waals surface area contributed by atoms with Gasteiger partial charge in [0.15, 0.2) is 0 Å². The third-order valence-electron chi connectivity index (χ3n) is 3.01. The molecule has 0 atom stereocenters. The SMILES string of the molecule is CN(Cc1ccccc1Br)c1cccc(Br)c1C(N)=S. The van der Waals surface area contributed by atoms with Crippen molar-refractivity contribution in [2.24, 2.45) is 5.73 Å². The van der Waals surface area contributed by atoms with Crippen molar-refractivity contribution < 1.29 is 0 Å². The van der Waals surface area contributed by atoms with E-state index in [0.717, 1.165) is 26.7 Å². The van der Waals surface area contributed by atoms with Gasteiger partial charge in [-0.05, 0) is 39.7 Å². The highest BCUT2D eigenvalue weighted by molar-refractivity contribution is 9.10. The Labute approximate surface area is 141 Å². The average molecular weight is 414 g/mol. The van der Waals surface area contributed by atoms with Gasteiger partial charge >= 0.3 is 0 Å². The number of benzene rings is 2. The topological polar surface area (TPSA) is 29.3 Å². The lowest BCUT2D eigenvalue weighted by atomic mass is 10.1. The van der Waals surface area contributed by atoms with Crippen LogP contribution in [0.2, 0.25) is 0 Å². The molecule has 0 fully saturated rings. The second kappa shape index (κ2) is 6.70. The second-order valence-electron chi connectivity index (χ2n) is 4.45. The molecule has 2 rings (SSSR count). The van der Waals surface area contributed by atoms with Crippen LogP contribution in [0.15, 0.2) is 51.4 Å². The second-order valence-corrected chi connectivity index (χ2v) is 6.59. The number of rotatable bonds is 4. The molecule has 0 aromatic heterocycles. The molecule has 2 aromatic rings. The van der Waals surface area contributed by atoms with E-state index in [-0.39, 0.29) is 0 Å². The van der Waals surface area contributed by atoms with Crippen molar-refractivity contribution >= 4 is 54.8 Å². The number of halogens is 2. The zero-order valence-electron chi connectivity index (χ0n) is 10.9. The molecule has 0 aliphatic carbocycles. The van der Waals surface area contributed by atoms with Crippen LogP contribution in [0.1, 0.15) is 11.1 Å². The van der Waals surface area contributed by atoms with E-state index in [2.05, 4.69) is 42.8 Å². The average Bonchev–Trinajstić information content (AvgIpc) is 2.40. The maximum atomic E-state index is 5.84. The van der Waals surface area contributed by atoms with Gasteiger partial charge in [-0.3, -0.25) is 0 Å². The van der Waals surface area contributed by atoms with E-state index in [1.54, 1.807) is 0 Å². The zero-order chi connectivity index (χ0) is 14.7. The Balaban J connectivity index is 2.35. The first-order chi connectivity index (χ1) is 9.50. The van der Waals surface area contributed by atoms with Crippen molar-refractivity contribution in [2.75, 3.05) is 11.9 Å². The van der Waals surface area contributed by atoms with Crippen LogP contribution in [-0.4, -0.2) is 12.0 Å². The van der Waals surface area contributed by atoms with Gasteiger partial charge in [0.05, 0.1) is 0 Å². The largest absolute Gasteiger partial charge is 0.389 e. The highest BCUT2D eigenvalue weighted by Crippen LogP contribution is 2.29. The van der Waals surface area contributed by atoms with Gasteiger partial charge in [-0.1, -0.05) is 52.4 Å². The Morgan fingerprint density at radius 1 is 1.10 bits per heavy atom. The van der Waals surface area contributed by atoms with Crippen LogP contribution in [0.5, 0.6) is 0 Å². The lowest BCUT2D eigenvalue weighted by molar-refractivity contribution is 0.916. The van der Waals surface area contributed by atoms with E-state index < -0.39 is 0 Å². The molecular weight excluding hydrogens is 400 g/mol. The molecule has 5 heteroatoms. The summed E-state index contributed by atoms with van der Waals surface area (Å²) < 4.78 is 2.01. The van der Waals surface area contributed by atoms with E-state index in [0.29, 0.717) is 4.99 Å². The number of hydrogen-bond donors (Lipinski definition) is 1.